The summed E-state index contributed by atoms with van der Waals surface area (Å²) < 4.78 is 0. The molecule has 0 unspecified atom stereocenters. The van der Waals surface area contributed by atoms with Crippen LogP contribution in [0.25, 0.3) is 0 Å². The zero-order valence-corrected chi connectivity index (χ0v) is 12.0. The fourth-order valence-corrected chi connectivity index (χ4v) is 1.95. The number of hydrogen-bond donors (Lipinski definition) is 3. The molecule has 7 heteroatoms. The van der Waals surface area contributed by atoms with E-state index in [1.165, 1.54) is 19.1 Å². The molecule has 18 heavy (non-hydrogen) atoms. The van der Waals surface area contributed by atoms with Crippen molar-refractivity contribution in [3.8, 4) is 0 Å². The maximum atomic E-state index is 11.8. The van der Waals surface area contributed by atoms with Gasteiger partial charge in [-0.3, -0.25) is 9.59 Å². The first-order chi connectivity index (χ1) is 8.47. The minimum atomic E-state index is -0.336. The normalized spacial score (nSPS) is 10.0. The molecule has 0 aromatic heterocycles. The lowest BCUT2D eigenvalue weighted by atomic mass is 10.2. The second-order valence-corrected chi connectivity index (χ2v) is 4.68. The van der Waals surface area contributed by atoms with E-state index in [1.54, 1.807) is 0 Å². The first-order valence-corrected chi connectivity index (χ1v) is 6.51. The molecule has 0 aliphatic carbocycles. The molecule has 0 heterocycles. The van der Waals surface area contributed by atoms with E-state index in [2.05, 4.69) is 23.3 Å². The Morgan fingerprint density at radius 2 is 2.00 bits per heavy atom. The number of nitrogens with one attached hydrogen (secondary N) is 2. The van der Waals surface area contributed by atoms with Gasteiger partial charge in [0.25, 0.3) is 5.91 Å². The van der Waals surface area contributed by atoms with Crippen molar-refractivity contribution in [3.05, 3.63) is 27.7 Å². The van der Waals surface area contributed by atoms with Gasteiger partial charge >= 0.3 is 0 Å². The maximum absolute atomic E-state index is 11.8. The Balaban J connectivity index is 3.07. The van der Waals surface area contributed by atoms with Crippen LogP contribution in [0.5, 0.6) is 0 Å². The fourth-order valence-electron chi connectivity index (χ4n) is 1.28. The van der Waals surface area contributed by atoms with Crippen LogP contribution < -0.4 is 10.6 Å². The lowest BCUT2D eigenvalue weighted by Gasteiger charge is -2.11. The molecule has 1 aromatic rings. The van der Waals surface area contributed by atoms with Gasteiger partial charge in [-0.2, -0.15) is 12.6 Å². The summed E-state index contributed by atoms with van der Waals surface area (Å²) >= 11 is 16.0. The summed E-state index contributed by atoms with van der Waals surface area (Å²) in [5, 5.41) is 5.53. The number of rotatable bonds is 4. The van der Waals surface area contributed by atoms with Crippen LogP contribution in [0.3, 0.4) is 0 Å². The SMILES string of the molecule is CC(=O)Nc1c(Cl)ccc(C(=O)NCCS)c1Cl. The van der Waals surface area contributed by atoms with Crippen LogP contribution in [0.1, 0.15) is 17.3 Å². The Labute approximate surface area is 120 Å². The second-order valence-electron chi connectivity index (χ2n) is 3.44. The molecule has 0 aliphatic rings. The van der Waals surface area contributed by atoms with E-state index in [4.69, 9.17) is 23.2 Å². The van der Waals surface area contributed by atoms with E-state index >= 15 is 0 Å². The molecule has 0 fully saturated rings. The largest absolute Gasteiger partial charge is 0.351 e. The predicted molar refractivity (Wildman–Crippen MR) is 77.0 cm³/mol. The van der Waals surface area contributed by atoms with Crippen molar-refractivity contribution in [1.82, 2.24) is 5.32 Å². The highest BCUT2D eigenvalue weighted by Gasteiger charge is 2.16. The van der Waals surface area contributed by atoms with E-state index in [-0.39, 0.29) is 33.1 Å². The highest BCUT2D eigenvalue weighted by molar-refractivity contribution is 7.80. The van der Waals surface area contributed by atoms with Crippen LogP contribution in [0.4, 0.5) is 5.69 Å². The van der Waals surface area contributed by atoms with Gasteiger partial charge in [-0.25, -0.2) is 0 Å². The van der Waals surface area contributed by atoms with Gasteiger partial charge in [-0.15, -0.1) is 0 Å². The number of benzene rings is 1. The summed E-state index contributed by atoms with van der Waals surface area (Å²) in [5.41, 5.74) is 0.496. The average Bonchev–Trinajstić information content (AvgIpc) is 2.31. The molecule has 0 atom stereocenters. The van der Waals surface area contributed by atoms with Gasteiger partial charge < -0.3 is 10.6 Å². The highest BCUT2D eigenvalue weighted by Crippen LogP contribution is 2.33. The molecule has 0 bridgehead atoms. The maximum Gasteiger partial charge on any atom is 0.252 e. The molecule has 0 saturated carbocycles. The van der Waals surface area contributed by atoms with E-state index in [1.807, 2.05) is 0 Å². The molecular weight excluding hydrogens is 295 g/mol. The molecule has 1 rings (SSSR count). The number of carbonyl (C=O) groups excluding carboxylic acids is 2. The third-order valence-corrected chi connectivity index (χ3v) is 2.97. The zero-order valence-electron chi connectivity index (χ0n) is 9.59. The Bertz CT molecular complexity index is 480. The number of anilines is 1. The van der Waals surface area contributed by atoms with Crippen LogP contribution in [-0.2, 0) is 4.79 Å². The molecule has 0 saturated heterocycles. The summed E-state index contributed by atoms with van der Waals surface area (Å²) in [6.07, 6.45) is 0. The molecule has 98 valence electrons. The summed E-state index contributed by atoms with van der Waals surface area (Å²) in [7, 11) is 0. The van der Waals surface area contributed by atoms with Gasteiger partial charge in [-0.05, 0) is 12.1 Å². The summed E-state index contributed by atoms with van der Waals surface area (Å²) in [5.74, 6) is -0.126. The van der Waals surface area contributed by atoms with Crippen molar-refractivity contribution in [2.45, 2.75) is 6.92 Å². The fraction of sp³-hybridized carbons (Fsp3) is 0.273. The first kappa shape index (κ1) is 15.1. The third kappa shape index (κ3) is 3.80. The van der Waals surface area contributed by atoms with Crippen molar-refractivity contribution in [3.63, 3.8) is 0 Å². The van der Waals surface area contributed by atoms with E-state index < -0.39 is 0 Å². The lowest BCUT2D eigenvalue weighted by molar-refractivity contribution is -0.114. The van der Waals surface area contributed by atoms with Crippen molar-refractivity contribution in [1.29, 1.82) is 0 Å². The molecule has 1 aromatic carbocycles. The average molecular weight is 307 g/mol. The van der Waals surface area contributed by atoms with Gasteiger partial charge in [0.2, 0.25) is 5.91 Å². The molecular formula is C11H12Cl2N2O2S. The Hall–Kier alpha value is -0.910. The third-order valence-electron chi connectivity index (χ3n) is 2.03. The minimum absolute atomic E-state index is 0.120. The van der Waals surface area contributed by atoms with Crippen LogP contribution in [-0.4, -0.2) is 24.1 Å². The monoisotopic (exact) mass is 306 g/mol. The van der Waals surface area contributed by atoms with Gasteiger partial charge in [0.1, 0.15) is 0 Å². The number of halogens is 2. The van der Waals surface area contributed by atoms with Crippen LogP contribution in [0.2, 0.25) is 10.0 Å². The Morgan fingerprint density at radius 3 is 2.56 bits per heavy atom. The van der Waals surface area contributed by atoms with E-state index in [0.29, 0.717) is 12.3 Å². The summed E-state index contributed by atoms with van der Waals surface area (Å²) in [4.78, 5) is 22.8. The zero-order chi connectivity index (χ0) is 13.7. The lowest BCUT2D eigenvalue weighted by Crippen LogP contribution is -2.25. The Kier molecular flexibility index (Phi) is 5.78. The molecule has 2 amide bonds. The van der Waals surface area contributed by atoms with Crippen molar-refractivity contribution < 1.29 is 9.59 Å². The second kappa shape index (κ2) is 6.87. The smallest absolute Gasteiger partial charge is 0.252 e. The van der Waals surface area contributed by atoms with Crippen LogP contribution >= 0.6 is 35.8 Å². The van der Waals surface area contributed by atoms with Crippen molar-refractivity contribution in [2.75, 3.05) is 17.6 Å². The van der Waals surface area contributed by atoms with Crippen molar-refractivity contribution in [2.24, 2.45) is 0 Å². The standard InChI is InChI=1S/C11H12Cl2N2O2S/c1-6(16)15-10-8(12)3-2-7(9(10)13)11(17)14-4-5-18/h2-3,18H,4-5H2,1H3,(H,14,17)(H,15,16). The topological polar surface area (TPSA) is 58.2 Å². The van der Waals surface area contributed by atoms with Crippen LogP contribution in [0, 0.1) is 0 Å². The Morgan fingerprint density at radius 1 is 1.33 bits per heavy atom. The number of thiol groups is 1. The summed E-state index contributed by atoms with van der Waals surface area (Å²) in [6.45, 7) is 1.76. The van der Waals surface area contributed by atoms with Gasteiger partial charge in [0.05, 0.1) is 21.3 Å². The quantitative estimate of drug-likeness (QED) is 0.749. The number of amides is 2. The summed E-state index contributed by atoms with van der Waals surface area (Å²) in [6, 6.07) is 3.01. The van der Waals surface area contributed by atoms with Gasteiger partial charge in [0.15, 0.2) is 0 Å². The van der Waals surface area contributed by atoms with Crippen molar-refractivity contribution >= 4 is 53.3 Å². The van der Waals surface area contributed by atoms with Gasteiger partial charge in [-0.1, -0.05) is 23.2 Å². The molecule has 2 N–H and O–H groups in total. The van der Waals surface area contributed by atoms with E-state index in [0.717, 1.165) is 0 Å². The van der Waals surface area contributed by atoms with Crippen LogP contribution in [0.15, 0.2) is 12.1 Å². The van der Waals surface area contributed by atoms with E-state index in [9.17, 15) is 9.59 Å². The first-order valence-electron chi connectivity index (χ1n) is 5.12. The van der Waals surface area contributed by atoms with Gasteiger partial charge in [0, 0.05) is 19.2 Å². The molecule has 0 aliphatic heterocycles. The molecule has 0 radical (unpaired) electrons. The molecule has 4 nitrogen and oxygen atoms in total. The predicted octanol–water partition coefficient (Wildman–Crippen LogP) is 2.61. The minimum Gasteiger partial charge on any atom is -0.351 e. The molecule has 0 spiro atoms. The number of carbonyl (C=O) groups is 2. The number of hydrogen-bond acceptors (Lipinski definition) is 3. The highest BCUT2D eigenvalue weighted by atomic mass is 35.5.